The lowest BCUT2D eigenvalue weighted by molar-refractivity contribution is -0.00808. The Bertz CT molecular complexity index is 279. The molecule has 1 rings (SSSR count). The fourth-order valence-electron chi connectivity index (χ4n) is 1.35. The molecule has 0 aliphatic carbocycles. The number of hydrogen-bond donors (Lipinski definition) is 1. The highest BCUT2D eigenvalue weighted by atomic mass is 16.7. The molecule has 0 spiro atoms. The van der Waals surface area contributed by atoms with Gasteiger partial charge in [-0.15, -0.1) is 0 Å². The van der Waals surface area contributed by atoms with E-state index in [1.165, 1.54) is 0 Å². The van der Waals surface area contributed by atoms with Gasteiger partial charge >= 0.3 is 0 Å². The number of rotatable bonds is 4. The molecule has 3 heteroatoms. The van der Waals surface area contributed by atoms with Crippen molar-refractivity contribution >= 4 is 0 Å². The van der Waals surface area contributed by atoms with E-state index in [0.29, 0.717) is 0 Å². The van der Waals surface area contributed by atoms with Gasteiger partial charge in [0.15, 0.2) is 6.23 Å². The molecule has 14 heavy (non-hydrogen) atoms. The van der Waals surface area contributed by atoms with E-state index in [1.54, 1.807) is 7.11 Å². The average Bonchev–Trinajstić information content (AvgIpc) is 2.12. The SMILES string of the molecule is CON[C@H](C)Oc1c(C)cccc1C. The highest BCUT2D eigenvalue weighted by Gasteiger charge is 2.07. The molecule has 1 N–H and O–H groups in total. The summed E-state index contributed by atoms with van der Waals surface area (Å²) in [5.74, 6) is 0.921. The van der Waals surface area contributed by atoms with Gasteiger partial charge in [-0.2, -0.15) is 5.48 Å². The largest absolute Gasteiger partial charge is 0.473 e. The van der Waals surface area contributed by atoms with Crippen molar-refractivity contribution in [3.05, 3.63) is 29.3 Å². The van der Waals surface area contributed by atoms with Gasteiger partial charge in [0.05, 0.1) is 7.11 Å². The van der Waals surface area contributed by atoms with Gasteiger partial charge in [-0.05, 0) is 31.9 Å². The summed E-state index contributed by atoms with van der Waals surface area (Å²) in [5, 5.41) is 0. The Balaban J connectivity index is 2.75. The molecular formula is C11H17NO2. The van der Waals surface area contributed by atoms with Crippen LogP contribution in [0.3, 0.4) is 0 Å². The van der Waals surface area contributed by atoms with Crippen molar-refractivity contribution in [3.8, 4) is 5.75 Å². The number of ether oxygens (including phenoxy) is 1. The Morgan fingerprint density at radius 1 is 1.21 bits per heavy atom. The molecular weight excluding hydrogens is 178 g/mol. The molecule has 78 valence electrons. The molecule has 0 amide bonds. The van der Waals surface area contributed by atoms with Crippen LogP contribution in [0.15, 0.2) is 18.2 Å². The van der Waals surface area contributed by atoms with E-state index in [4.69, 9.17) is 9.57 Å². The Morgan fingerprint density at radius 2 is 1.79 bits per heavy atom. The van der Waals surface area contributed by atoms with E-state index >= 15 is 0 Å². The van der Waals surface area contributed by atoms with Gasteiger partial charge in [-0.3, -0.25) is 0 Å². The second-order valence-electron chi connectivity index (χ2n) is 3.30. The van der Waals surface area contributed by atoms with Crippen LogP contribution >= 0.6 is 0 Å². The minimum atomic E-state index is -0.153. The van der Waals surface area contributed by atoms with E-state index in [-0.39, 0.29) is 6.23 Å². The van der Waals surface area contributed by atoms with Gasteiger partial charge in [-0.25, -0.2) is 0 Å². The van der Waals surface area contributed by atoms with Crippen LogP contribution < -0.4 is 10.2 Å². The van der Waals surface area contributed by atoms with E-state index in [9.17, 15) is 0 Å². The summed E-state index contributed by atoms with van der Waals surface area (Å²) in [6.07, 6.45) is -0.153. The van der Waals surface area contributed by atoms with Crippen molar-refractivity contribution in [2.24, 2.45) is 0 Å². The molecule has 1 atom stereocenters. The van der Waals surface area contributed by atoms with Gasteiger partial charge in [0.1, 0.15) is 5.75 Å². The first-order valence-electron chi connectivity index (χ1n) is 4.66. The zero-order chi connectivity index (χ0) is 10.6. The molecule has 0 heterocycles. The van der Waals surface area contributed by atoms with Crippen molar-refractivity contribution in [1.29, 1.82) is 0 Å². The number of aryl methyl sites for hydroxylation is 2. The number of hydroxylamine groups is 1. The lowest BCUT2D eigenvalue weighted by Gasteiger charge is -2.17. The lowest BCUT2D eigenvalue weighted by atomic mass is 10.1. The molecule has 0 unspecified atom stereocenters. The van der Waals surface area contributed by atoms with Gasteiger partial charge in [0.2, 0.25) is 0 Å². The third-order valence-electron chi connectivity index (χ3n) is 1.99. The highest BCUT2D eigenvalue weighted by molar-refractivity contribution is 5.39. The fourth-order valence-corrected chi connectivity index (χ4v) is 1.35. The smallest absolute Gasteiger partial charge is 0.168 e. The fraction of sp³-hybridized carbons (Fsp3) is 0.455. The quantitative estimate of drug-likeness (QED) is 0.590. The summed E-state index contributed by atoms with van der Waals surface area (Å²) in [6.45, 7) is 5.96. The topological polar surface area (TPSA) is 30.5 Å². The minimum absolute atomic E-state index is 0.153. The molecule has 0 radical (unpaired) electrons. The third kappa shape index (κ3) is 2.72. The maximum atomic E-state index is 5.68. The number of nitrogens with one attached hydrogen (secondary N) is 1. The summed E-state index contributed by atoms with van der Waals surface area (Å²) in [5.41, 5.74) is 4.99. The number of benzene rings is 1. The molecule has 0 aliphatic heterocycles. The van der Waals surface area contributed by atoms with Crippen LogP contribution in [-0.2, 0) is 4.84 Å². The predicted molar refractivity (Wildman–Crippen MR) is 56.2 cm³/mol. The molecule has 0 fully saturated rings. The zero-order valence-electron chi connectivity index (χ0n) is 9.13. The van der Waals surface area contributed by atoms with Crippen LogP contribution in [0.5, 0.6) is 5.75 Å². The molecule has 1 aromatic carbocycles. The Kier molecular flexibility index (Phi) is 3.92. The lowest BCUT2D eigenvalue weighted by Crippen LogP contribution is -2.30. The summed E-state index contributed by atoms with van der Waals surface area (Å²) in [4.78, 5) is 4.78. The van der Waals surface area contributed by atoms with Crippen molar-refractivity contribution < 1.29 is 9.57 Å². The van der Waals surface area contributed by atoms with Crippen LogP contribution in [-0.4, -0.2) is 13.3 Å². The molecule has 3 nitrogen and oxygen atoms in total. The van der Waals surface area contributed by atoms with Crippen LogP contribution in [0.4, 0.5) is 0 Å². The van der Waals surface area contributed by atoms with Crippen molar-refractivity contribution in [1.82, 2.24) is 5.48 Å². The molecule has 1 aromatic rings. The van der Waals surface area contributed by atoms with Crippen LogP contribution in [0.2, 0.25) is 0 Å². The zero-order valence-corrected chi connectivity index (χ0v) is 9.13. The summed E-state index contributed by atoms with van der Waals surface area (Å²) in [7, 11) is 1.57. The molecule has 0 aliphatic rings. The first-order valence-corrected chi connectivity index (χ1v) is 4.66. The van der Waals surface area contributed by atoms with Gasteiger partial charge in [0.25, 0.3) is 0 Å². The average molecular weight is 195 g/mol. The monoisotopic (exact) mass is 195 g/mol. The summed E-state index contributed by atoms with van der Waals surface area (Å²) < 4.78 is 5.68. The maximum absolute atomic E-state index is 5.68. The summed E-state index contributed by atoms with van der Waals surface area (Å²) >= 11 is 0. The van der Waals surface area contributed by atoms with Crippen LogP contribution in [0.1, 0.15) is 18.1 Å². The first kappa shape index (κ1) is 11.0. The third-order valence-corrected chi connectivity index (χ3v) is 1.99. The first-order chi connectivity index (χ1) is 6.65. The second-order valence-corrected chi connectivity index (χ2v) is 3.30. The van der Waals surface area contributed by atoms with E-state index in [2.05, 4.69) is 5.48 Å². The summed E-state index contributed by atoms with van der Waals surface area (Å²) in [6, 6.07) is 6.08. The predicted octanol–water partition coefficient (Wildman–Crippen LogP) is 2.18. The normalized spacial score (nSPS) is 12.6. The van der Waals surface area contributed by atoms with E-state index in [1.807, 2.05) is 39.0 Å². The van der Waals surface area contributed by atoms with Crippen LogP contribution in [0, 0.1) is 13.8 Å². The second kappa shape index (κ2) is 4.98. The molecule has 0 bridgehead atoms. The van der Waals surface area contributed by atoms with Gasteiger partial charge in [0, 0.05) is 0 Å². The van der Waals surface area contributed by atoms with Crippen LogP contribution in [0.25, 0.3) is 0 Å². The van der Waals surface area contributed by atoms with Gasteiger partial charge in [-0.1, -0.05) is 18.2 Å². The van der Waals surface area contributed by atoms with Crippen molar-refractivity contribution in [2.45, 2.75) is 27.0 Å². The highest BCUT2D eigenvalue weighted by Crippen LogP contribution is 2.22. The number of hydrogen-bond acceptors (Lipinski definition) is 3. The van der Waals surface area contributed by atoms with E-state index in [0.717, 1.165) is 16.9 Å². The van der Waals surface area contributed by atoms with Gasteiger partial charge < -0.3 is 9.57 Å². The van der Waals surface area contributed by atoms with Crippen molar-refractivity contribution in [2.75, 3.05) is 7.11 Å². The molecule has 0 saturated heterocycles. The number of para-hydroxylation sites is 1. The molecule has 0 saturated carbocycles. The maximum Gasteiger partial charge on any atom is 0.168 e. The minimum Gasteiger partial charge on any atom is -0.473 e. The Labute approximate surface area is 85.0 Å². The van der Waals surface area contributed by atoms with Crippen molar-refractivity contribution in [3.63, 3.8) is 0 Å². The standard InChI is InChI=1S/C11H17NO2/c1-8-6-5-7-9(2)11(8)14-10(3)12-13-4/h5-7,10,12H,1-4H3/t10-/m0/s1. The van der Waals surface area contributed by atoms with E-state index < -0.39 is 0 Å². The molecule has 0 aromatic heterocycles. The Morgan fingerprint density at radius 3 is 2.29 bits per heavy atom. The Hall–Kier alpha value is -1.06.